The van der Waals surface area contributed by atoms with Crippen molar-refractivity contribution in [1.29, 1.82) is 0 Å². The Kier molecular flexibility index (Phi) is 2.56. The van der Waals surface area contributed by atoms with Crippen LogP contribution in [0.2, 0.25) is 0 Å². The quantitative estimate of drug-likeness (QED) is 0.565. The first-order valence-electron chi connectivity index (χ1n) is 3.78. The SMILES string of the molecule is Cc1ccc(C)c(CCl)c1C. The number of alkyl halides is 1. The lowest BCUT2D eigenvalue weighted by Gasteiger charge is -2.08. The normalized spacial score (nSPS) is 10.2. The summed E-state index contributed by atoms with van der Waals surface area (Å²) >= 11 is 5.81. The Bertz CT molecular complexity index is 264. The lowest BCUT2D eigenvalue weighted by molar-refractivity contribution is 1.19. The molecule has 0 saturated carbocycles. The van der Waals surface area contributed by atoms with E-state index < -0.39 is 0 Å². The standard InChI is InChI=1S/C10H13Cl/c1-7-4-5-8(2)10(6-11)9(7)3/h4-5H,6H2,1-3H3. The second kappa shape index (κ2) is 3.27. The average molecular weight is 169 g/mol. The summed E-state index contributed by atoms with van der Waals surface area (Å²) in [5.41, 5.74) is 5.24. The molecule has 1 aromatic carbocycles. The number of hydrogen-bond donors (Lipinski definition) is 0. The van der Waals surface area contributed by atoms with Gasteiger partial charge in [-0.1, -0.05) is 12.1 Å². The van der Waals surface area contributed by atoms with Crippen LogP contribution >= 0.6 is 11.6 Å². The van der Waals surface area contributed by atoms with Crippen LogP contribution in [0.15, 0.2) is 12.1 Å². The summed E-state index contributed by atoms with van der Waals surface area (Å²) < 4.78 is 0. The van der Waals surface area contributed by atoms with Crippen LogP contribution in [0, 0.1) is 20.8 Å². The molecule has 0 bridgehead atoms. The number of benzene rings is 1. The van der Waals surface area contributed by atoms with Gasteiger partial charge in [0.2, 0.25) is 0 Å². The first-order chi connectivity index (χ1) is 5.16. The van der Waals surface area contributed by atoms with E-state index in [0.29, 0.717) is 5.88 Å². The zero-order chi connectivity index (χ0) is 8.43. The molecule has 0 N–H and O–H groups in total. The highest BCUT2D eigenvalue weighted by Crippen LogP contribution is 2.18. The summed E-state index contributed by atoms with van der Waals surface area (Å²) in [7, 11) is 0. The molecule has 0 fully saturated rings. The molecule has 0 unspecified atom stereocenters. The third-order valence-corrected chi connectivity index (χ3v) is 2.50. The van der Waals surface area contributed by atoms with Gasteiger partial charge in [0, 0.05) is 5.88 Å². The molecule has 0 saturated heterocycles. The van der Waals surface area contributed by atoms with Crippen molar-refractivity contribution in [3.8, 4) is 0 Å². The van der Waals surface area contributed by atoms with Crippen LogP contribution in [-0.4, -0.2) is 0 Å². The van der Waals surface area contributed by atoms with Crippen LogP contribution in [0.1, 0.15) is 22.3 Å². The molecule has 1 heteroatoms. The van der Waals surface area contributed by atoms with Gasteiger partial charge in [0.25, 0.3) is 0 Å². The van der Waals surface area contributed by atoms with Gasteiger partial charge < -0.3 is 0 Å². The summed E-state index contributed by atoms with van der Waals surface area (Å²) in [6, 6.07) is 4.26. The van der Waals surface area contributed by atoms with Gasteiger partial charge in [-0.05, 0) is 43.0 Å². The van der Waals surface area contributed by atoms with E-state index in [2.05, 4.69) is 32.9 Å². The highest BCUT2D eigenvalue weighted by Gasteiger charge is 2.02. The Labute approximate surface area is 73.2 Å². The summed E-state index contributed by atoms with van der Waals surface area (Å²) in [6.45, 7) is 6.34. The van der Waals surface area contributed by atoms with Gasteiger partial charge in [-0.15, -0.1) is 11.6 Å². The van der Waals surface area contributed by atoms with E-state index in [1.54, 1.807) is 0 Å². The Morgan fingerprint density at radius 3 is 2.09 bits per heavy atom. The molecule has 1 aromatic rings. The molecule has 0 atom stereocenters. The Hall–Kier alpha value is -0.490. The van der Waals surface area contributed by atoms with Gasteiger partial charge in [-0.3, -0.25) is 0 Å². The van der Waals surface area contributed by atoms with Gasteiger partial charge in [-0.25, -0.2) is 0 Å². The maximum Gasteiger partial charge on any atom is 0.0479 e. The molecule has 11 heavy (non-hydrogen) atoms. The van der Waals surface area contributed by atoms with Crippen molar-refractivity contribution in [3.63, 3.8) is 0 Å². The van der Waals surface area contributed by atoms with Gasteiger partial charge in [-0.2, -0.15) is 0 Å². The number of aryl methyl sites for hydroxylation is 2. The predicted octanol–water partition coefficient (Wildman–Crippen LogP) is 3.35. The molecule has 60 valence electrons. The van der Waals surface area contributed by atoms with Crippen molar-refractivity contribution in [2.45, 2.75) is 26.7 Å². The molecular formula is C10H13Cl. The summed E-state index contributed by atoms with van der Waals surface area (Å²) in [5.74, 6) is 0.624. The lowest BCUT2D eigenvalue weighted by Crippen LogP contribution is -1.92. The monoisotopic (exact) mass is 168 g/mol. The van der Waals surface area contributed by atoms with Crippen LogP contribution in [0.3, 0.4) is 0 Å². The summed E-state index contributed by atoms with van der Waals surface area (Å²) in [6.07, 6.45) is 0. The zero-order valence-electron chi connectivity index (χ0n) is 7.24. The second-order valence-corrected chi connectivity index (χ2v) is 3.20. The van der Waals surface area contributed by atoms with Crippen molar-refractivity contribution < 1.29 is 0 Å². The molecule has 1 rings (SSSR count). The van der Waals surface area contributed by atoms with Crippen molar-refractivity contribution >= 4 is 11.6 Å². The molecule has 0 heterocycles. The van der Waals surface area contributed by atoms with E-state index in [9.17, 15) is 0 Å². The number of rotatable bonds is 1. The Morgan fingerprint density at radius 1 is 1.09 bits per heavy atom. The minimum atomic E-state index is 0.624. The lowest BCUT2D eigenvalue weighted by atomic mass is 10.00. The molecule has 0 spiro atoms. The molecule has 0 amide bonds. The van der Waals surface area contributed by atoms with E-state index in [1.807, 2.05) is 0 Å². The maximum absolute atomic E-state index is 5.81. The van der Waals surface area contributed by atoms with Crippen LogP contribution in [0.25, 0.3) is 0 Å². The van der Waals surface area contributed by atoms with Gasteiger partial charge in [0.15, 0.2) is 0 Å². The van der Waals surface area contributed by atoms with Crippen molar-refractivity contribution in [1.82, 2.24) is 0 Å². The third kappa shape index (κ3) is 1.57. The van der Waals surface area contributed by atoms with Crippen LogP contribution in [0.5, 0.6) is 0 Å². The summed E-state index contributed by atoms with van der Waals surface area (Å²) in [4.78, 5) is 0. The molecule has 0 aromatic heterocycles. The molecule has 0 nitrogen and oxygen atoms in total. The van der Waals surface area contributed by atoms with Crippen molar-refractivity contribution in [2.24, 2.45) is 0 Å². The van der Waals surface area contributed by atoms with E-state index in [1.165, 1.54) is 22.3 Å². The Morgan fingerprint density at radius 2 is 1.64 bits per heavy atom. The zero-order valence-corrected chi connectivity index (χ0v) is 8.00. The van der Waals surface area contributed by atoms with Gasteiger partial charge in [0.1, 0.15) is 0 Å². The highest BCUT2D eigenvalue weighted by molar-refractivity contribution is 6.17. The van der Waals surface area contributed by atoms with Crippen LogP contribution < -0.4 is 0 Å². The van der Waals surface area contributed by atoms with Crippen molar-refractivity contribution in [3.05, 3.63) is 34.4 Å². The fraction of sp³-hybridized carbons (Fsp3) is 0.400. The fourth-order valence-corrected chi connectivity index (χ4v) is 1.63. The largest absolute Gasteiger partial charge is 0.122 e. The molecule has 0 aliphatic heterocycles. The average Bonchev–Trinajstić information content (AvgIpc) is 1.99. The molecular weight excluding hydrogens is 156 g/mol. The van der Waals surface area contributed by atoms with Gasteiger partial charge in [0.05, 0.1) is 0 Å². The summed E-state index contributed by atoms with van der Waals surface area (Å²) in [5, 5.41) is 0. The van der Waals surface area contributed by atoms with E-state index >= 15 is 0 Å². The van der Waals surface area contributed by atoms with E-state index in [0.717, 1.165) is 0 Å². The third-order valence-electron chi connectivity index (χ3n) is 2.24. The Balaban J connectivity index is 3.29. The van der Waals surface area contributed by atoms with Crippen LogP contribution in [0.4, 0.5) is 0 Å². The van der Waals surface area contributed by atoms with Crippen molar-refractivity contribution in [2.75, 3.05) is 0 Å². The minimum Gasteiger partial charge on any atom is -0.122 e. The fourth-order valence-electron chi connectivity index (χ4n) is 1.21. The van der Waals surface area contributed by atoms with Gasteiger partial charge >= 0.3 is 0 Å². The molecule has 0 aliphatic carbocycles. The topological polar surface area (TPSA) is 0 Å². The molecule has 0 radical (unpaired) electrons. The van der Waals surface area contributed by atoms with Crippen LogP contribution in [-0.2, 0) is 5.88 Å². The first kappa shape index (κ1) is 8.61. The smallest absolute Gasteiger partial charge is 0.0479 e. The first-order valence-corrected chi connectivity index (χ1v) is 4.32. The highest BCUT2D eigenvalue weighted by atomic mass is 35.5. The maximum atomic E-state index is 5.81. The predicted molar refractivity (Wildman–Crippen MR) is 50.2 cm³/mol. The second-order valence-electron chi connectivity index (χ2n) is 2.94. The molecule has 0 aliphatic rings. The minimum absolute atomic E-state index is 0.624. The van der Waals surface area contributed by atoms with E-state index in [-0.39, 0.29) is 0 Å². The number of hydrogen-bond acceptors (Lipinski definition) is 0. The van der Waals surface area contributed by atoms with E-state index in [4.69, 9.17) is 11.6 Å². The number of halogens is 1.